The fourth-order valence-corrected chi connectivity index (χ4v) is 4.45. The van der Waals surface area contributed by atoms with Gasteiger partial charge in [0.15, 0.2) is 5.65 Å². The Hall–Kier alpha value is -3.03. The van der Waals surface area contributed by atoms with E-state index in [-0.39, 0.29) is 6.15 Å². The summed E-state index contributed by atoms with van der Waals surface area (Å²) >= 11 is 3.66. The van der Waals surface area contributed by atoms with Crippen LogP contribution in [0.15, 0.2) is 39.7 Å². The lowest BCUT2D eigenvalue weighted by molar-refractivity contribution is -0.191. The van der Waals surface area contributed by atoms with Gasteiger partial charge in [-0.3, -0.25) is 0 Å². The van der Waals surface area contributed by atoms with Crippen molar-refractivity contribution in [3.8, 4) is 11.1 Å². The van der Waals surface area contributed by atoms with Gasteiger partial charge in [0.25, 0.3) is 0 Å². The lowest BCUT2D eigenvalue weighted by Gasteiger charge is -2.22. The molecule has 0 atom stereocenters. The fraction of sp³-hybridized carbons (Fsp3) is 0.300. The largest absolute Gasteiger partial charge is 0.446 e. The van der Waals surface area contributed by atoms with Crippen molar-refractivity contribution < 1.29 is 14.0 Å². The Bertz CT molecular complexity index is 1200. The molecule has 4 aromatic heterocycles. The number of rotatable bonds is 2. The van der Waals surface area contributed by atoms with Crippen molar-refractivity contribution in [3.63, 3.8) is 0 Å². The number of pyridine rings is 1. The summed E-state index contributed by atoms with van der Waals surface area (Å²) in [4.78, 5) is 25.6. The molecule has 0 bridgehead atoms. The zero-order valence-corrected chi connectivity index (χ0v) is 17.1. The van der Waals surface area contributed by atoms with E-state index in [4.69, 9.17) is 24.7 Å². The van der Waals surface area contributed by atoms with E-state index in [1.165, 1.54) is 19.3 Å². The lowest BCUT2D eigenvalue weighted by atomic mass is 9.87. The Morgan fingerprint density at radius 3 is 2.72 bits per heavy atom. The first kappa shape index (κ1) is 19.3. The number of anilines is 1. The van der Waals surface area contributed by atoms with E-state index < -0.39 is 0 Å². The molecule has 8 nitrogen and oxygen atoms in total. The highest BCUT2D eigenvalue weighted by atomic mass is 79.9. The van der Waals surface area contributed by atoms with Crippen LogP contribution in [0.1, 0.15) is 43.7 Å². The second kappa shape index (κ2) is 8.14. The van der Waals surface area contributed by atoms with Gasteiger partial charge in [0.05, 0.1) is 22.6 Å². The minimum atomic E-state index is 0.250. The highest BCUT2D eigenvalue weighted by Crippen LogP contribution is 2.39. The number of halogens is 1. The maximum atomic E-state index is 8.12. The summed E-state index contributed by atoms with van der Waals surface area (Å²) in [7, 11) is 0. The van der Waals surface area contributed by atoms with Crippen molar-refractivity contribution in [3.05, 3.63) is 41.0 Å². The van der Waals surface area contributed by atoms with E-state index in [2.05, 4.69) is 26.0 Å². The molecule has 5 rings (SSSR count). The molecule has 0 aliphatic heterocycles. The molecule has 0 saturated heterocycles. The first-order chi connectivity index (χ1) is 14.1. The Kier molecular flexibility index (Phi) is 5.42. The van der Waals surface area contributed by atoms with Crippen LogP contribution in [0.5, 0.6) is 0 Å². The monoisotopic (exact) mass is 455 g/mol. The molecule has 148 valence electrons. The zero-order chi connectivity index (χ0) is 20.4. The molecule has 0 amide bonds. The third-order valence-corrected chi connectivity index (χ3v) is 6.07. The standard InChI is InChI=1S/C19H18BrN5O.CO2/c20-15-16(11-4-2-1-3-5-11)24-18-14(10-23-25(18)17(15)21)13-8-12-6-7-26-19(12)22-9-13;2-1-3/h6-11H,1-5,21H2;. The Morgan fingerprint density at radius 1 is 1.21 bits per heavy atom. The van der Waals surface area contributed by atoms with Gasteiger partial charge in [-0.25, -0.2) is 9.97 Å². The van der Waals surface area contributed by atoms with Gasteiger partial charge in [0.1, 0.15) is 5.82 Å². The van der Waals surface area contributed by atoms with Crippen LogP contribution in [0.4, 0.5) is 5.82 Å². The van der Waals surface area contributed by atoms with Gasteiger partial charge in [0.2, 0.25) is 5.71 Å². The number of furan rings is 1. The summed E-state index contributed by atoms with van der Waals surface area (Å²) in [6.45, 7) is 0. The van der Waals surface area contributed by atoms with Crippen LogP contribution < -0.4 is 5.73 Å². The molecule has 0 unspecified atom stereocenters. The van der Waals surface area contributed by atoms with Crippen molar-refractivity contribution in [2.45, 2.75) is 38.0 Å². The third-order valence-electron chi connectivity index (χ3n) is 5.26. The summed E-state index contributed by atoms with van der Waals surface area (Å²) in [6, 6.07) is 3.95. The molecule has 1 fully saturated rings. The summed E-state index contributed by atoms with van der Waals surface area (Å²) in [5, 5.41) is 5.42. The van der Waals surface area contributed by atoms with Gasteiger partial charge < -0.3 is 10.2 Å². The van der Waals surface area contributed by atoms with Crippen LogP contribution in [0.25, 0.3) is 27.9 Å². The number of nitrogens with zero attached hydrogens (tertiary/aromatic N) is 4. The number of nitrogen functional groups attached to an aromatic ring is 1. The summed E-state index contributed by atoms with van der Waals surface area (Å²) < 4.78 is 7.91. The lowest BCUT2D eigenvalue weighted by Crippen LogP contribution is -2.11. The molecule has 9 heteroatoms. The maximum Gasteiger partial charge on any atom is 0.373 e. The first-order valence-corrected chi connectivity index (χ1v) is 10.1. The highest BCUT2D eigenvalue weighted by molar-refractivity contribution is 9.10. The third kappa shape index (κ3) is 3.54. The Labute approximate surface area is 174 Å². The van der Waals surface area contributed by atoms with E-state index >= 15 is 0 Å². The molecule has 1 saturated carbocycles. The molecule has 2 N–H and O–H groups in total. The van der Waals surface area contributed by atoms with E-state index in [9.17, 15) is 0 Å². The average Bonchev–Trinajstić information content (AvgIpc) is 3.38. The average molecular weight is 456 g/mol. The number of carbonyl (C=O) groups excluding carboxylic acids is 2. The Balaban J connectivity index is 0.000000645. The van der Waals surface area contributed by atoms with Crippen molar-refractivity contribution >= 4 is 44.6 Å². The van der Waals surface area contributed by atoms with Crippen molar-refractivity contribution in [1.82, 2.24) is 19.6 Å². The number of fused-ring (bicyclic) bond motifs is 2. The minimum absolute atomic E-state index is 0.250. The van der Waals surface area contributed by atoms with Gasteiger partial charge in [-0.2, -0.15) is 19.2 Å². The van der Waals surface area contributed by atoms with Crippen LogP contribution in [0.3, 0.4) is 0 Å². The fourth-order valence-electron chi connectivity index (χ4n) is 3.87. The molecule has 29 heavy (non-hydrogen) atoms. The first-order valence-electron chi connectivity index (χ1n) is 9.29. The smallest absolute Gasteiger partial charge is 0.373 e. The second-order valence-electron chi connectivity index (χ2n) is 6.95. The molecule has 4 heterocycles. The van der Waals surface area contributed by atoms with E-state index in [1.54, 1.807) is 23.2 Å². The molecule has 0 aromatic carbocycles. The van der Waals surface area contributed by atoms with E-state index in [1.807, 2.05) is 12.1 Å². The highest BCUT2D eigenvalue weighted by Gasteiger charge is 2.24. The predicted octanol–water partition coefficient (Wildman–Crippen LogP) is 4.35. The van der Waals surface area contributed by atoms with E-state index in [0.717, 1.165) is 45.2 Å². The van der Waals surface area contributed by atoms with Gasteiger partial charge in [-0.1, -0.05) is 19.3 Å². The van der Waals surface area contributed by atoms with Crippen LogP contribution in [0, 0.1) is 0 Å². The summed E-state index contributed by atoms with van der Waals surface area (Å²) in [6.07, 6.45) is 11.6. The normalized spacial score (nSPS) is 14.5. The molecule has 1 aliphatic carbocycles. The van der Waals surface area contributed by atoms with Crippen molar-refractivity contribution in [2.24, 2.45) is 0 Å². The quantitative estimate of drug-likeness (QED) is 0.477. The van der Waals surface area contributed by atoms with Crippen molar-refractivity contribution in [2.75, 3.05) is 5.73 Å². The van der Waals surface area contributed by atoms with Crippen molar-refractivity contribution in [1.29, 1.82) is 0 Å². The van der Waals surface area contributed by atoms with Gasteiger partial charge in [0, 0.05) is 28.6 Å². The van der Waals surface area contributed by atoms with E-state index in [0.29, 0.717) is 17.4 Å². The van der Waals surface area contributed by atoms with Crippen LogP contribution in [-0.4, -0.2) is 25.7 Å². The topological polar surface area (TPSA) is 116 Å². The molecular weight excluding hydrogens is 438 g/mol. The number of hydrogen-bond donors (Lipinski definition) is 1. The van der Waals surface area contributed by atoms with Gasteiger partial charge >= 0.3 is 6.15 Å². The zero-order valence-electron chi connectivity index (χ0n) is 15.5. The minimum Gasteiger partial charge on any atom is -0.446 e. The summed E-state index contributed by atoms with van der Waals surface area (Å²) in [5.74, 6) is 1.04. The molecule has 0 spiro atoms. The van der Waals surface area contributed by atoms with Crippen LogP contribution in [0.2, 0.25) is 0 Å². The molecule has 0 radical (unpaired) electrons. The number of nitrogens with two attached hydrogens (primary N) is 1. The maximum absolute atomic E-state index is 8.12. The summed E-state index contributed by atoms with van der Waals surface area (Å²) in [5.41, 5.74) is 10.7. The number of hydrogen-bond acceptors (Lipinski definition) is 7. The number of aromatic nitrogens is 4. The molecule has 1 aliphatic rings. The molecule has 4 aromatic rings. The van der Waals surface area contributed by atoms with Crippen LogP contribution in [-0.2, 0) is 9.59 Å². The van der Waals surface area contributed by atoms with Crippen LogP contribution >= 0.6 is 15.9 Å². The predicted molar refractivity (Wildman–Crippen MR) is 109 cm³/mol. The van der Waals surface area contributed by atoms with Gasteiger partial charge in [-0.05, 0) is 40.9 Å². The SMILES string of the molecule is Nc1c(Br)c(C2CCCCC2)nc2c(-c3cnc4occc4c3)cnn12.O=C=O. The molecular formula is C20H18BrN5O3. The second-order valence-corrected chi connectivity index (χ2v) is 7.74. The van der Waals surface area contributed by atoms with Gasteiger partial charge in [-0.15, -0.1) is 0 Å². The Morgan fingerprint density at radius 2 is 1.97 bits per heavy atom.